The van der Waals surface area contributed by atoms with E-state index in [9.17, 15) is 0 Å². The maximum absolute atomic E-state index is 6.41. The lowest BCUT2D eigenvalue weighted by molar-refractivity contribution is 0.156. The van der Waals surface area contributed by atoms with Gasteiger partial charge in [0, 0.05) is 38.3 Å². The van der Waals surface area contributed by atoms with Crippen molar-refractivity contribution in [3.63, 3.8) is 0 Å². The van der Waals surface area contributed by atoms with Gasteiger partial charge in [-0.2, -0.15) is 5.10 Å². The molecule has 0 saturated carbocycles. The number of hydrogen-bond acceptors (Lipinski definition) is 8. The van der Waals surface area contributed by atoms with Crippen LogP contribution in [0.4, 0.5) is 5.82 Å². The number of anilines is 1. The molecule has 0 radical (unpaired) electrons. The minimum absolute atomic E-state index is 0.299. The van der Waals surface area contributed by atoms with Gasteiger partial charge in [-0.3, -0.25) is 0 Å². The lowest BCUT2D eigenvalue weighted by Crippen LogP contribution is -2.39. The van der Waals surface area contributed by atoms with Gasteiger partial charge in [0.25, 0.3) is 0 Å². The molecule has 2 aromatic carbocycles. The van der Waals surface area contributed by atoms with E-state index >= 15 is 0 Å². The molecule has 3 aliphatic heterocycles. The van der Waals surface area contributed by atoms with E-state index in [1.165, 1.54) is 58.5 Å². The zero-order valence-corrected chi connectivity index (χ0v) is 24.4. The fourth-order valence-electron chi connectivity index (χ4n) is 7.13. The third-order valence-corrected chi connectivity index (χ3v) is 9.39. The van der Waals surface area contributed by atoms with Gasteiger partial charge in [0.05, 0.1) is 11.4 Å². The van der Waals surface area contributed by atoms with E-state index in [0.717, 1.165) is 71.6 Å². The van der Waals surface area contributed by atoms with Crippen molar-refractivity contribution in [3.8, 4) is 22.8 Å². The lowest BCUT2D eigenvalue weighted by atomic mass is 9.97. The first kappa shape index (κ1) is 27.3. The van der Waals surface area contributed by atoms with Crippen molar-refractivity contribution >= 4 is 16.9 Å². The Morgan fingerprint density at radius 1 is 0.786 bits per heavy atom. The first-order valence-corrected chi connectivity index (χ1v) is 15.7. The molecule has 0 spiro atoms. The summed E-state index contributed by atoms with van der Waals surface area (Å²) in [6, 6.07) is 18.1. The first-order chi connectivity index (χ1) is 20.7. The molecule has 5 heterocycles. The molecule has 220 valence electrons. The zero-order chi connectivity index (χ0) is 28.3. The van der Waals surface area contributed by atoms with Gasteiger partial charge in [0.2, 0.25) is 0 Å². The van der Waals surface area contributed by atoms with E-state index in [1.54, 1.807) is 6.33 Å². The van der Waals surface area contributed by atoms with Gasteiger partial charge in [0.15, 0.2) is 5.65 Å². The summed E-state index contributed by atoms with van der Waals surface area (Å²) in [4.78, 5) is 14.4. The zero-order valence-electron chi connectivity index (χ0n) is 24.4. The quantitative estimate of drug-likeness (QED) is 0.313. The number of nitrogens with one attached hydrogen (secondary N) is 1. The first-order valence-electron chi connectivity index (χ1n) is 15.7. The normalized spacial score (nSPS) is 21.3. The highest BCUT2D eigenvalue weighted by molar-refractivity contribution is 5.98. The molecule has 4 aromatic rings. The highest BCUT2D eigenvalue weighted by Gasteiger charge is 2.30. The molecule has 3 saturated heterocycles. The van der Waals surface area contributed by atoms with Gasteiger partial charge < -0.3 is 25.6 Å². The molecule has 0 bridgehead atoms. The van der Waals surface area contributed by atoms with Gasteiger partial charge >= 0.3 is 0 Å². The summed E-state index contributed by atoms with van der Waals surface area (Å²) < 4.78 is 8.11. The van der Waals surface area contributed by atoms with Crippen molar-refractivity contribution in [2.75, 3.05) is 58.1 Å². The number of nitrogen functional groups attached to an aromatic ring is 1. The molecule has 3 N–H and O–H groups in total. The van der Waals surface area contributed by atoms with Crippen LogP contribution in [0.5, 0.6) is 11.5 Å². The summed E-state index contributed by atoms with van der Waals surface area (Å²) in [6.45, 7) is 9.62. The van der Waals surface area contributed by atoms with E-state index in [2.05, 4.69) is 29.8 Å². The Bertz CT molecular complexity index is 1460. The molecule has 42 heavy (non-hydrogen) atoms. The van der Waals surface area contributed by atoms with Gasteiger partial charge in [-0.1, -0.05) is 18.2 Å². The number of aromatic nitrogens is 4. The summed E-state index contributed by atoms with van der Waals surface area (Å²) in [5, 5.41) is 9.45. The van der Waals surface area contributed by atoms with Crippen LogP contribution in [0.25, 0.3) is 22.3 Å². The third kappa shape index (κ3) is 6.00. The summed E-state index contributed by atoms with van der Waals surface area (Å²) in [6.07, 6.45) is 7.70. The summed E-state index contributed by atoms with van der Waals surface area (Å²) in [5.74, 6) is 3.74. The number of benzene rings is 2. The number of piperidine rings is 2. The average molecular weight is 567 g/mol. The molecule has 3 aliphatic rings. The van der Waals surface area contributed by atoms with E-state index in [1.807, 2.05) is 54.6 Å². The molecular weight excluding hydrogens is 524 g/mol. The third-order valence-electron chi connectivity index (χ3n) is 9.39. The molecule has 1 unspecified atom stereocenters. The van der Waals surface area contributed by atoms with Crippen LogP contribution in [-0.4, -0.2) is 81.9 Å². The maximum Gasteiger partial charge on any atom is 0.164 e. The highest BCUT2D eigenvalue weighted by Crippen LogP contribution is 2.35. The number of ether oxygens (including phenoxy) is 1. The maximum atomic E-state index is 6.41. The number of para-hydroxylation sites is 1. The fourth-order valence-corrected chi connectivity index (χ4v) is 7.13. The highest BCUT2D eigenvalue weighted by atomic mass is 16.5. The van der Waals surface area contributed by atoms with Crippen LogP contribution in [0.2, 0.25) is 0 Å². The van der Waals surface area contributed by atoms with E-state index < -0.39 is 0 Å². The largest absolute Gasteiger partial charge is 0.457 e. The summed E-state index contributed by atoms with van der Waals surface area (Å²) in [5.41, 5.74) is 9.04. The van der Waals surface area contributed by atoms with Gasteiger partial charge in [-0.15, -0.1) is 0 Å². The average Bonchev–Trinajstić information content (AvgIpc) is 3.64. The number of nitrogens with two attached hydrogens (primary N) is 1. The number of likely N-dealkylation sites (tertiary alicyclic amines) is 2. The van der Waals surface area contributed by atoms with Gasteiger partial charge in [-0.05, 0) is 100.0 Å². The van der Waals surface area contributed by atoms with Crippen LogP contribution in [-0.2, 0) is 0 Å². The van der Waals surface area contributed by atoms with Gasteiger partial charge in [0.1, 0.15) is 29.3 Å². The lowest BCUT2D eigenvalue weighted by Gasteiger charge is -2.34. The Morgan fingerprint density at radius 3 is 2.29 bits per heavy atom. The van der Waals surface area contributed by atoms with Crippen molar-refractivity contribution < 1.29 is 4.74 Å². The number of fused-ring (bicyclic) bond motifs is 1. The van der Waals surface area contributed by atoms with Crippen molar-refractivity contribution in [1.82, 2.24) is 34.9 Å². The Morgan fingerprint density at radius 2 is 1.50 bits per heavy atom. The van der Waals surface area contributed by atoms with E-state index in [-0.39, 0.29) is 0 Å². The molecule has 3 fully saturated rings. The predicted molar refractivity (Wildman–Crippen MR) is 167 cm³/mol. The van der Waals surface area contributed by atoms with Crippen LogP contribution >= 0.6 is 0 Å². The summed E-state index contributed by atoms with van der Waals surface area (Å²) in [7, 11) is 0. The molecule has 1 atom stereocenters. The molecule has 9 nitrogen and oxygen atoms in total. The van der Waals surface area contributed by atoms with E-state index in [0.29, 0.717) is 11.9 Å². The van der Waals surface area contributed by atoms with Crippen molar-refractivity contribution in [2.24, 2.45) is 11.8 Å². The topological polar surface area (TPSA) is 97.4 Å². The molecular formula is C33H42N8O. The molecule has 0 amide bonds. The Kier molecular flexibility index (Phi) is 8.04. The number of hydrogen-bond donors (Lipinski definition) is 2. The Hall–Kier alpha value is -3.53. The second-order valence-corrected chi connectivity index (χ2v) is 12.3. The van der Waals surface area contributed by atoms with Crippen molar-refractivity contribution in [3.05, 3.63) is 60.9 Å². The van der Waals surface area contributed by atoms with Crippen LogP contribution in [0.1, 0.15) is 38.1 Å². The molecule has 7 rings (SSSR count). The summed E-state index contributed by atoms with van der Waals surface area (Å²) >= 11 is 0. The standard InChI is InChI=1S/C33H42N8O/c34-32-30-31(26-6-8-29(9-7-26)42-28-4-2-1-3-5-28)38-41(33(30)37-23-36-32)27-13-18-39(19-14-27)21-25-12-17-40(22-25)20-24-10-15-35-16-11-24/h1-9,23-25,27,35H,10-22H2,(H2,34,36,37). The van der Waals surface area contributed by atoms with Crippen molar-refractivity contribution in [1.29, 1.82) is 0 Å². The molecule has 2 aromatic heterocycles. The van der Waals surface area contributed by atoms with Crippen molar-refractivity contribution in [2.45, 2.75) is 38.1 Å². The molecule has 0 aliphatic carbocycles. The second-order valence-electron chi connectivity index (χ2n) is 12.3. The van der Waals surface area contributed by atoms with Crippen LogP contribution in [0.3, 0.4) is 0 Å². The monoisotopic (exact) mass is 566 g/mol. The number of rotatable bonds is 8. The second kappa shape index (κ2) is 12.4. The smallest absolute Gasteiger partial charge is 0.164 e. The Balaban J connectivity index is 1.00. The van der Waals surface area contributed by atoms with Crippen LogP contribution in [0.15, 0.2) is 60.9 Å². The minimum Gasteiger partial charge on any atom is -0.457 e. The molecule has 9 heteroatoms. The van der Waals surface area contributed by atoms with Crippen LogP contribution < -0.4 is 15.8 Å². The fraction of sp³-hybridized carbons (Fsp3) is 0.485. The minimum atomic E-state index is 0.299. The van der Waals surface area contributed by atoms with Crippen LogP contribution in [0, 0.1) is 11.8 Å². The number of nitrogens with zero attached hydrogens (tertiary/aromatic N) is 6. The van der Waals surface area contributed by atoms with Gasteiger partial charge in [-0.25, -0.2) is 14.6 Å². The predicted octanol–water partition coefficient (Wildman–Crippen LogP) is 4.83. The SMILES string of the molecule is Nc1ncnc2c1c(-c1ccc(Oc3ccccc3)cc1)nn2C1CCN(CC2CCN(CC3CCNCC3)C2)CC1. The Labute approximate surface area is 248 Å². The van der Waals surface area contributed by atoms with E-state index in [4.69, 9.17) is 15.6 Å².